The summed E-state index contributed by atoms with van der Waals surface area (Å²) in [7, 11) is 0. The van der Waals surface area contributed by atoms with Crippen LogP contribution in [0.2, 0.25) is 0 Å². The van der Waals surface area contributed by atoms with Crippen LogP contribution in [-0.4, -0.2) is 25.1 Å². The predicted molar refractivity (Wildman–Crippen MR) is 81.0 cm³/mol. The van der Waals surface area contributed by atoms with Gasteiger partial charge in [0.1, 0.15) is 5.75 Å². The van der Waals surface area contributed by atoms with Gasteiger partial charge in [0.15, 0.2) is 0 Å². The Balaban J connectivity index is 1.88. The van der Waals surface area contributed by atoms with Crippen LogP contribution < -0.4 is 15.4 Å². The summed E-state index contributed by atoms with van der Waals surface area (Å²) in [6.07, 6.45) is 2.82. The lowest BCUT2D eigenvalue weighted by atomic mass is 10.0. The first-order valence-electron chi connectivity index (χ1n) is 7.44. The number of benzene rings is 1. The quantitative estimate of drug-likeness (QED) is 0.840. The van der Waals surface area contributed by atoms with E-state index < -0.39 is 0 Å². The van der Waals surface area contributed by atoms with Gasteiger partial charge in [0, 0.05) is 18.2 Å². The second-order valence-corrected chi connectivity index (χ2v) is 5.48. The number of hydrogen-bond acceptors (Lipinski definition) is 3. The summed E-state index contributed by atoms with van der Waals surface area (Å²) in [5.41, 5.74) is 0.807. The van der Waals surface area contributed by atoms with E-state index in [4.69, 9.17) is 4.74 Å². The summed E-state index contributed by atoms with van der Waals surface area (Å²) in [4.78, 5) is 12.0. The van der Waals surface area contributed by atoms with Crippen LogP contribution in [0.5, 0.6) is 5.75 Å². The number of hydrogen-bond donors (Lipinski definition) is 2. The molecule has 0 bridgehead atoms. The average Bonchev–Trinajstić information content (AvgIpc) is 2.91. The fraction of sp³-hybridized carbons (Fsp3) is 0.562. The Kier molecular flexibility index (Phi) is 5.41. The van der Waals surface area contributed by atoms with Gasteiger partial charge < -0.3 is 15.4 Å². The van der Waals surface area contributed by atoms with Gasteiger partial charge in [-0.2, -0.15) is 0 Å². The number of rotatable bonds is 6. The Morgan fingerprint density at radius 3 is 3.10 bits per heavy atom. The third-order valence-electron chi connectivity index (χ3n) is 3.67. The van der Waals surface area contributed by atoms with Crippen LogP contribution >= 0.6 is 0 Å². The molecule has 1 heterocycles. The number of nitrogens with one attached hydrogen (secondary N) is 2. The van der Waals surface area contributed by atoms with E-state index in [1.165, 1.54) is 0 Å². The predicted octanol–water partition coefficient (Wildman–Crippen LogP) is 2.80. The Morgan fingerprint density at radius 2 is 2.40 bits per heavy atom. The Morgan fingerprint density at radius 1 is 1.55 bits per heavy atom. The molecule has 2 unspecified atom stereocenters. The summed E-state index contributed by atoms with van der Waals surface area (Å²) in [6.45, 7) is 6.10. The highest BCUT2D eigenvalue weighted by Crippen LogP contribution is 2.20. The maximum atomic E-state index is 12.0. The molecule has 0 aromatic heterocycles. The Hall–Kier alpha value is -1.55. The standard InChI is InChI=1S/C16H24N2O2/c1-3-12(2)20-15-6-4-5-14(10-15)18-16(19)9-13-7-8-17-11-13/h4-6,10,12-13,17H,3,7-9,11H2,1-2H3,(H,18,19). The molecule has 1 fully saturated rings. The van der Waals surface area contributed by atoms with Crippen molar-refractivity contribution in [2.75, 3.05) is 18.4 Å². The molecule has 0 saturated carbocycles. The first kappa shape index (κ1) is 14.9. The average molecular weight is 276 g/mol. The van der Waals surface area contributed by atoms with Gasteiger partial charge in [-0.15, -0.1) is 0 Å². The molecule has 0 spiro atoms. The molecule has 20 heavy (non-hydrogen) atoms. The Labute approximate surface area is 120 Å². The van der Waals surface area contributed by atoms with E-state index in [0.717, 1.165) is 37.4 Å². The van der Waals surface area contributed by atoms with Crippen LogP contribution in [0, 0.1) is 5.92 Å². The SMILES string of the molecule is CCC(C)Oc1cccc(NC(=O)CC2CCNC2)c1. The fourth-order valence-corrected chi connectivity index (χ4v) is 2.33. The largest absolute Gasteiger partial charge is 0.491 e. The Bertz CT molecular complexity index is 442. The van der Waals surface area contributed by atoms with E-state index in [9.17, 15) is 4.79 Å². The van der Waals surface area contributed by atoms with Crippen LogP contribution in [-0.2, 0) is 4.79 Å². The van der Waals surface area contributed by atoms with Crippen molar-refractivity contribution in [3.8, 4) is 5.75 Å². The molecule has 0 radical (unpaired) electrons. The molecule has 1 saturated heterocycles. The van der Waals surface area contributed by atoms with Crippen LogP contribution in [0.25, 0.3) is 0 Å². The zero-order valence-corrected chi connectivity index (χ0v) is 12.3. The topological polar surface area (TPSA) is 50.4 Å². The van der Waals surface area contributed by atoms with Crippen LogP contribution in [0.3, 0.4) is 0 Å². The smallest absolute Gasteiger partial charge is 0.224 e. The second kappa shape index (κ2) is 7.29. The highest BCUT2D eigenvalue weighted by molar-refractivity contribution is 5.91. The van der Waals surface area contributed by atoms with Gasteiger partial charge in [-0.3, -0.25) is 4.79 Å². The van der Waals surface area contributed by atoms with Crippen molar-refractivity contribution >= 4 is 11.6 Å². The normalized spacial score (nSPS) is 19.6. The third kappa shape index (κ3) is 4.53. The van der Waals surface area contributed by atoms with E-state index >= 15 is 0 Å². The molecule has 4 nitrogen and oxygen atoms in total. The first-order valence-corrected chi connectivity index (χ1v) is 7.44. The third-order valence-corrected chi connectivity index (χ3v) is 3.67. The van der Waals surface area contributed by atoms with Crippen molar-refractivity contribution in [1.82, 2.24) is 5.32 Å². The minimum atomic E-state index is 0.0828. The van der Waals surface area contributed by atoms with E-state index in [0.29, 0.717) is 12.3 Å². The fourth-order valence-electron chi connectivity index (χ4n) is 2.33. The zero-order chi connectivity index (χ0) is 14.4. The van der Waals surface area contributed by atoms with Crippen molar-refractivity contribution in [2.45, 2.75) is 39.2 Å². The van der Waals surface area contributed by atoms with E-state index in [1.807, 2.05) is 31.2 Å². The number of amides is 1. The van der Waals surface area contributed by atoms with Gasteiger partial charge in [0.05, 0.1) is 6.10 Å². The van der Waals surface area contributed by atoms with Crippen molar-refractivity contribution in [3.05, 3.63) is 24.3 Å². The number of carbonyl (C=O) groups is 1. The van der Waals surface area contributed by atoms with Gasteiger partial charge in [0.25, 0.3) is 0 Å². The van der Waals surface area contributed by atoms with Crippen LogP contribution in [0.4, 0.5) is 5.69 Å². The van der Waals surface area contributed by atoms with Crippen LogP contribution in [0.15, 0.2) is 24.3 Å². The van der Waals surface area contributed by atoms with E-state index in [1.54, 1.807) is 0 Å². The molecular weight excluding hydrogens is 252 g/mol. The minimum Gasteiger partial charge on any atom is -0.491 e. The summed E-state index contributed by atoms with van der Waals surface area (Å²) in [5.74, 6) is 1.36. The molecule has 1 aromatic carbocycles. The molecule has 1 aliphatic heterocycles. The molecule has 110 valence electrons. The molecule has 1 aliphatic rings. The number of anilines is 1. The van der Waals surface area contributed by atoms with E-state index in [-0.39, 0.29) is 12.0 Å². The van der Waals surface area contributed by atoms with Gasteiger partial charge in [0.2, 0.25) is 5.91 Å². The van der Waals surface area contributed by atoms with Crippen molar-refractivity contribution < 1.29 is 9.53 Å². The van der Waals surface area contributed by atoms with Crippen molar-refractivity contribution in [2.24, 2.45) is 5.92 Å². The number of ether oxygens (including phenoxy) is 1. The first-order chi connectivity index (χ1) is 9.67. The van der Waals surface area contributed by atoms with Gasteiger partial charge in [-0.25, -0.2) is 0 Å². The zero-order valence-electron chi connectivity index (χ0n) is 12.3. The maximum absolute atomic E-state index is 12.0. The molecule has 4 heteroatoms. The summed E-state index contributed by atoms with van der Waals surface area (Å²) >= 11 is 0. The molecular formula is C16H24N2O2. The summed E-state index contributed by atoms with van der Waals surface area (Å²) in [5, 5.41) is 6.23. The number of carbonyl (C=O) groups excluding carboxylic acids is 1. The van der Waals surface area contributed by atoms with Gasteiger partial charge in [-0.05, 0) is 50.9 Å². The molecule has 2 N–H and O–H groups in total. The minimum absolute atomic E-state index is 0.0828. The molecule has 2 rings (SSSR count). The van der Waals surface area contributed by atoms with Gasteiger partial charge >= 0.3 is 0 Å². The summed E-state index contributed by atoms with van der Waals surface area (Å²) in [6, 6.07) is 7.61. The van der Waals surface area contributed by atoms with Crippen molar-refractivity contribution in [1.29, 1.82) is 0 Å². The molecule has 0 aliphatic carbocycles. The lowest BCUT2D eigenvalue weighted by Gasteiger charge is -2.14. The lowest BCUT2D eigenvalue weighted by Crippen LogP contribution is -2.18. The highest BCUT2D eigenvalue weighted by atomic mass is 16.5. The summed E-state index contributed by atoms with van der Waals surface area (Å²) < 4.78 is 5.76. The van der Waals surface area contributed by atoms with E-state index in [2.05, 4.69) is 17.6 Å². The molecule has 1 aromatic rings. The van der Waals surface area contributed by atoms with Gasteiger partial charge in [-0.1, -0.05) is 13.0 Å². The van der Waals surface area contributed by atoms with Crippen molar-refractivity contribution in [3.63, 3.8) is 0 Å². The van der Waals surface area contributed by atoms with Crippen LogP contribution in [0.1, 0.15) is 33.1 Å². The highest BCUT2D eigenvalue weighted by Gasteiger charge is 2.18. The lowest BCUT2D eigenvalue weighted by molar-refractivity contribution is -0.116. The monoisotopic (exact) mass is 276 g/mol. The second-order valence-electron chi connectivity index (χ2n) is 5.48. The molecule has 1 amide bonds. The maximum Gasteiger partial charge on any atom is 0.224 e. The molecule has 2 atom stereocenters.